The molecule has 0 spiro atoms. The maximum absolute atomic E-state index is 12.7. The van der Waals surface area contributed by atoms with Crippen LogP contribution in [0.2, 0.25) is 0 Å². The minimum atomic E-state index is 0.0493. The Balaban J connectivity index is 1.19. The van der Waals surface area contributed by atoms with Gasteiger partial charge >= 0.3 is 0 Å². The number of nitrogens with zero attached hydrogens (tertiary/aromatic N) is 1. The highest BCUT2D eigenvalue weighted by Crippen LogP contribution is 2.36. The molecule has 2 saturated heterocycles. The summed E-state index contributed by atoms with van der Waals surface area (Å²) >= 11 is 0. The van der Waals surface area contributed by atoms with Gasteiger partial charge < -0.3 is 15.4 Å². The molecule has 6 unspecified atom stereocenters. The smallest absolute Gasteiger partial charge is 0.237 e. The van der Waals surface area contributed by atoms with Gasteiger partial charge in [0.2, 0.25) is 5.91 Å². The Morgan fingerprint density at radius 1 is 1.07 bits per heavy atom. The van der Waals surface area contributed by atoms with Gasteiger partial charge in [0.05, 0.1) is 19.3 Å². The van der Waals surface area contributed by atoms with E-state index in [2.05, 4.69) is 22.5 Å². The molecular formula is C22H39N3O2. The van der Waals surface area contributed by atoms with Gasteiger partial charge in [-0.2, -0.15) is 0 Å². The molecular weight excluding hydrogens is 338 g/mol. The minimum Gasteiger partial charge on any atom is -0.379 e. The molecule has 4 fully saturated rings. The molecule has 2 aliphatic carbocycles. The summed E-state index contributed by atoms with van der Waals surface area (Å²) in [6.07, 6.45) is 10.2. The van der Waals surface area contributed by atoms with Crippen molar-refractivity contribution in [3.05, 3.63) is 0 Å². The van der Waals surface area contributed by atoms with E-state index in [9.17, 15) is 4.79 Å². The quantitative estimate of drug-likeness (QED) is 0.773. The topological polar surface area (TPSA) is 53.6 Å². The van der Waals surface area contributed by atoms with Crippen LogP contribution in [-0.4, -0.2) is 62.3 Å². The number of hydrogen-bond donors (Lipinski definition) is 2. The number of carbonyl (C=O) groups is 1. The normalized spacial score (nSPS) is 40.5. The summed E-state index contributed by atoms with van der Waals surface area (Å²) in [5, 5.41) is 6.97. The minimum absolute atomic E-state index is 0.0493. The molecule has 2 saturated carbocycles. The molecule has 2 heterocycles. The fourth-order valence-corrected chi connectivity index (χ4v) is 6.15. The Morgan fingerprint density at radius 2 is 1.85 bits per heavy atom. The highest BCUT2D eigenvalue weighted by atomic mass is 16.5. The summed E-state index contributed by atoms with van der Waals surface area (Å²) < 4.78 is 5.47. The molecule has 0 radical (unpaired) electrons. The van der Waals surface area contributed by atoms with Crippen molar-refractivity contribution in [3.63, 3.8) is 0 Å². The second-order valence-corrected chi connectivity index (χ2v) is 9.71. The van der Waals surface area contributed by atoms with Crippen molar-refractivity contribution >= 4 is 5.91 Å². The van der Waals surface area contributed by atoms with E-state index in [1.165, 1.54) is 51.5 Å². The number of ether oxygens (including phenoxy) is 1. The van der Waals surface area contributed by atoms with Gasteiger partial charge in [-0.3, -0.25) is 9.69 Å². The van der Waals surface area contributed by atoms with Crippen LogP contribution in [-0.2, 0) is 9.53 Å². The summed E-state index contributed by atoms with van der Waals surface area (Å²) in [4.78, 5) is 15.3. The molecule has 4 rings (SSSR count). The van der Waals surface area contributed by atoms with Crippen LogP contribution >= 0.6 is 0 Å². The van der Waals surface area contributed by atoms with Crippen LogP contribution in [0.1, 0.15) is 58.3 Å². The fourth-order valence-electron chi connectivity index (χ4n) is 6.15. The van der Waals surface area contributed by atoms with Crippen LogP contribution in [0.25, 0.3) is 0 Å². The SMILES string of the molecule is CC1CCCC2CC(C(=O)NCC3CCCC(CN4CCOCC4)C3)NC12. The molecule has 0 aromatic carbocycles. The zero-order chi connectivity index (χ0) is 18.6. The van der Waals surface area contributed by atoms with Crippen molar-refractivity contribution in [2.24, 2.45) is 23.7 Å². The van der Waals surface area contributed by atoms with Crippen LogP contribution in [0.4, 0.5) is 0 Å². The van der Waals surface area contributed by atoms with Crippen molar-refractivity contribution in [2.75, 3.05) is 39.4 Å². The van der Waals surface area contributed by atoms with Crippen LogP contribution in [0, 0.1) is 23.7 Å². The Hall–Kier alpha value is -0.650. The van der Waals surface area contributed by atoms with Crippen LogP contribution in [0.15, 0.2) is 0 Å². The third-order valence-electron chi connectivity index (χ3n) is 7.68. The van der Waals surface area contributed by atoms with Gasteiger partial charge in [0.1, 0.15) is 0 Å². The van der Waals surface area contributed by atoms with Gasteiger partial charge in [-0.25, -0.2) is 0 Å². The van der Waals surface area contributed by atoms with Crippen molar-refractivity contribution in [1.29, 1.82) is 0 Å². The second-order valence-electron chi connectivity index (χ2n) is 9.71. The number of nitrogens with one attached hydrogen (secondary N) is 2. The summed E-state index contributed by atoms with van der Waals surface area (Å²) in [6.45, 7) is 8.40. The third-order valence-corrected chi connectivity index (χ3v) is 7.68. The molecule has 6 atom stereocenters. The average Bonchev–Trinajstić information content (AvgIpc) is 3.13. The fraction of sp³-hybridized carbons (Fsp3) is 0.955. The Morgan fingerprint density at radius 3 is 2.67 bits per heavy atom. The lowest BCUT2D eigenvalue weighted by molar-refractivity contribution is -0.123. The lowest BCUT2D eigenvalue weighted by atomic mass is 9.78. The van der Waals surface area contributed by atoms with Crippen molar-refractivity contribution in [1.82, 2.24) is 15.5 Å². The van der Waals surface area contributed by atoms with Gasteiger partial charge in [0, 0.05) is 32.2 Å². The summed E-state index contributed by atoms with van der Waals surface area (Å²) in [5.41, 5.74) is 0. The van der Waals surface area contributed by atoms with Gasteiger partial charge in [-0.1, -0.05) is 19.8 Å². The lowest BCUT2D eigenvalue weighted by Gasteiger charge is -2.35. The van der Waals surface area contributed by atoms with Crippen LogP contribution in [0.5, 0.6) is 0 Å². The van der Waals surface area contributed by atoms with E-state index in [0.29, 0.717) is 12.0 Å². The molecule has 0 aromatic heterocycles. The van der Waals surface area contributed by atoms with E-state index >= 15 is 0 Å². The molecule has 2 aliphatic heterocycles. The Labute approximate surface area is 165 Å². The number of rotatable bonds is 5. The number of amides is 1. The molecule has 27 heavy (non-hydrogen) atoms. The summed E-state index contributed by atoms with van der Waals surface area (Å²) in [6, 6.07) is 0.621. The van der Waals surface area contributed by atoms with Crippen molar-refractivity contribution in [2.45, 2.75) is 70.4 Å². The highest BCUT2D eigenvalue weighted by Gasteiger charge is 2.41. The van der Waals surface area contributed by atoms with E-state index in [-0.39, 0.29) is 11.9 Å². The number of fused-ring (bicyclic) bond motifs is 1. The van der Waals surface area contributed by atoms with E-state index in [1.54, 1.807) is 0 Å². The molecule has 0 aromatic rings. The third kappa shape index (κ3) is 5.04. The standard InChI is InChI=1S/C22H39N3O2/c1-16-4-2-7-19-13-20(24-21(16)19)22(26)23-14-17-5-3-6-18(12-17)15-25-8-10-27-11-9-25/h16-21,24H,2-15H2,1H3,(H,23,26). The largest absolute Gasteiger partial charge is 0.379 e. The Kier molecular flexibility index (Phi) is 6.72. The summed E-state index contributed by atoms with van der Waals surface area (Å²) in [5.74, 6) is 3.16. The average molecular weight is 378 g/mol. The maximum Gasteiger partial charge on any atom is 0.237 e. The van der Waals surface area contributed by atoms with Crippen LogP contribution in [0.3, 0.4) is 0 Å². The zero-order valence-electron chi connectivity index (χ0n) is 17.1. The first kappa shape index (κ1) is 19.7. The molecule has 1 amide bonds. The maximum atomic E-state index is 12.7. The monoisotopic (exact) mass is 377 g/mol. The van der Waals surface area contributed by atoms with E-state index in [4.69, 9.17) is 4.74 Å². The molecule has 154 valence electrons. The number of morpholine rings is 1. The Bertz CT molecular complexity index is 494. The zero-order valence-corrected chi connectivity index (χ0v) is 17.1. The first-order valence-corrected chi connectivity index (χ1v) is 11.5. The summed E-state index contributed by atoms with van der Waals surface area (Å²) in [7, 11) is 0. The van der Waals surface area contributed by atoms with Gasteiger partial charge in [-0.05, 0) is 62.2 Å². The van der Waals surface area contributed by atoms with Crippen molar-refractivity contribution in [3.8, 4) is 0 Å². The van der Waals surface area contributed by atoms with Crippen LogP contribution < -0.4 is 10.6 Å². The predicted molar refractivity (Wildman–Crippen MR) is 108 cm³/mol. The predicted octanol–water partition coefficient (Wildman–Crippen LogP) is 2.41. The van der Waals surface area contributed by atoms with E-state index in [0.717, 1.165) is 57.0 Å². The molecule has 5 nitrogen and oxygen atoms in total. The second kappa shape index (κ2) is 9.23. The molecule has 2 N–H and O–H groups in total. The molecule has 5 heteroatoms. The molecule has 4 aliphatic rings. The number of carbonyl (C=O) groups excluding carboxylic acids is 1. The van der Waals surface area contributed by atoms with Crippen molar-refractivity contribution < 1.29 is 9.53 Å². The first-order chi connectivity index (χ1) is 13.2. The van der Waals surface area contributed by atoms with Gasteiger partial charge in [0.15, 0.2) is 0 Å². The van der Waals surface area contributed by atoms with E-state index < -0.39 is 0 Å². The van der Waals surface area contributed by atoms with Gasteiger partial charge in [0.25, 0.3) is 0 Å². The highest BCUT2D eigenvalue weighted by molar-refractivity contribution is 5.82. The van der Waals surface area contributed by atoms with Gasteiger partial charge in [-0.15, -0.1) is 0 Å². The lowest BCUT2D eigenvalue weighted by Crippen LogP contribution is -2.46. The van der Waals surface area contributed by atoms with E-state index in [1.807, 2.05) is 0 Å². The molecule has 0 bridgehead atoms. The first-order valence-electron chi connectivity index (χ1n) is 11.5. The number of hydrogen-bond acceptors (Lipinski definition) is 4.